The van der Waals surface area contributed by atoms with Crippen molar-refractivity contribution in [2.45, 2.75) is 31.9 Å². The third-order valence-corrected chi connectivity index (χ3v) is 10.8. The van der Waals surface area contributed by atoms with Crippen LogP contribution in [-0.2, 0) is 14.0 Å². The lowest BCUT2D eigenvalue weighted by Gasteiger charge is -2.43. The molecule has 2 aromatic carbocycles. The molecule has 140 valence electrons. The third kappa shape index (κ3) is 2.97. The molecule has 4 heteroatoms. The minimum atomic E-state index is -2.58. The summed E-state index contributed by atoms with van der Waals surface area (Å²) in [6.07, 6.45) is 3.83. The number of fused-ring (bicyclic) bond motifs is 1. The van der Waals surface area contributed by atoms with Crippen molar-refractivity contribution in [2.75, 3.05) is 6.61 Å². The predicted molar refractivity (Wildman–Crippen MR) is 110 cm³/mol. The van der Waals surface area contributed by atoms with Crippen molar-refractivity contribution in [3.8, 4) is 0 Å². The maximum absolute atomic E-state index is 12.0. The topological polar surface area (TPSA) is 35.5 Å². The summed E-state index contributed by atoms with van der Waals surface area (Å²) in [7, 11) is -2.58. The minimum Gasteiger partial charge on any atom is -0.459 e. The van der Waals surface area contributed by atoms with Gasteiger partial charge < -0.3 is 9.16 Å². The summed E-state index contributed by atoms with van der Waals surface area (Å²) in [5.74, 6) is -0.0213. The maximum atomic E-state index is 12.0. The number of hydrogen-bond acceptors (Lipinski definition) is 3. The van der Waals surface area contributed by atoms with Crippen LogP contribution in [0.1, 0.15) is 20.8 Å². The molecule has 0 unspecified atom stereocenters. The molecule has 0 radical (unpaired) electrons. The fraction of sp³-hybridized carbons (Fsp3) is 0.348. The SMILES string of the molecule is CC(C)(C)[Si](OC[C@H]1OC(=O)[C@@H]2C=C[C@H]12)(c1ccccc1)c1ccccc1. The molecule has 1 aliphatic heterocycles. The van der Waals surface area contributed by atoms with Crippen LogP contribution in [0.4, 0.5) is 0 Å². The van der Waals surface area contributed by atoms with E-state index in [1.165, 1.54) is 10.4 Å². The Morgan fingerprint density at radius 3 is 1.89 bits per heavy atom. The van der Waals surface area contributed by atoms with E-state index in [-0.39, 0.29) is 28.9 Å². The molecule has 3 atom stereocenters. The van der Waals surface area contributed by atoms with Gasteiger partial charge in [0.25, 0.3) is 8.32 Å². The molecule has 4 rings (SSSR count). The van der Waals surface area contributed by atoms with Gasteiger partial charge in [-0.15, -0.1) is 0 Å². The van der Waals surface area contributed by atoms with Gasteiger partial charge in [-0.25, -0.2) is 0 Å². The van der Waals surface area contributed by atoms with E-state index in [0.29, 0.717) is 6.61 Å². The Labute approximate surface area is 162 Å². The fourth-order valence-corrected chi connectivity index (χ4v) is 8.93. The molecule has 3 nitrogen and oxygen atoms in total. The largest absolute Gasteiger partial charge is 0.459 e. The van der Waals surface area contributed by atoms with Crippen LogP contribution in [0.3, 0.4) is 0 Å². The molecule has 0 N–H and O–H groups in total. The maximum Gasteiger partial charge on any atom is 0.313 e. The molecular weight excluding hydrogens is 352 g/mol. The first-order valence-corrected chi connectivity index (χ1v) is 11.5. The molecule has 1 heterocycles. The summed E-state index contributed by atoms with van der Waals surface area (Å²) >= 11 is 0. The van der Waals surface area contributed by atoms with E-state index >= 15 is 0 Å². The first-order chi connectivity index (χ1) is 12.9. The Kier molecular flexibility index (Phi) is 4.56. The van der Waals surface area contributed by atoms with Crippen LogP contribution in [0.2, 0.25) is 5.04 Å². The Hall–Kier alpha value is -2.17. The van der Waals surface area contributed by atoms with E-state index in [2.05, 4.69) is 75.4 Å². The van der Waals surface area contributed by atoms with Crippen molar-refractivity contribution >= 4 is 24.7 Å². The number of ether oxygens (including phenoxy) is 1. The molecule has 2 aliphatic rings. The highest BCUT2D eigenvalue weighted by molar-refractivity contribution is 6.99. The normalized spacial score (nSPS) is 24.3. The smallest absolute Gasteiger partial charge is 0.313 e. The zero-order valence-corrected chi connectivity index (χ0v) is 17.1. The zero-order valence-electron chi connectivity index (χ0n) is 16.1. The van der Waals surface area contributed by atoms with Crippen LogP contribution in [0.5, 0.6) is 0 Å². The number of benzene rings is 2. The average molecular weight is 379 g/mol. The quantitative estimate of drug-likeness (QED) is 0.455. The van der Waals surface area contributed by atoms with E-state index in [0.717, 1.165) is 0 Å². The summed E-state index contributed by atoms with van der Waals surface area (Å²) < 4.78 is 12.5. The standard InChI is InChI=1S/C23H26O3Si/c1-23(2,3)27(17-10-6-4-7-11-17,18-12-8-5-9-13-18)25-16-21-19-14-15-20(19)22(24)26-21/h4-15,19-21H,16H2,1-3H3/t19-,20+,21+/m0/s1. The molecule has 0 aromatic heterocycles. The fourth-order valence-electron chi connectivity index (χ4n) is 4.36. The van der Waals surface area contributed by atoms with E-state index in [1.807, 2.05) is 18.2 Å². The predicted octanol–water partition coefficient (Wildman–Crippen LogP) is 3.29. The molecule has 0 saturated carbocycles. The highest BCUT2D eigenvalue weighted by Gasteiger charge is 2.52. The summed E-state index contributed by atoms with van der Waals surface area (Å²) in [6.45, 7) is 7.20. The van der Waals surface area contributed by atoms with E-state index < -0.39 is 8.32 Å². The summed E-state index contributed by atoms with van der Waals surface area (Å²) in [5.41, 5.74) is 0. The minimum absolute atomic E-state index is 0.0715. The van der Waals surface area contributed by atoms with Gasteiger partial charge in [0, 0.05) is 5.92 Å². The number of carbonyl (C=O) groups is 1. The summed E-state index contributed by atoms with van der Waals surface area (Å²) in [5, 5.41) is 2.41. The number of hydrogen-bond donors (Lipinski definition) is 0. The Morgan fingerprint density at radius 1 is 0.926 bits per heavy atom. The molecule has 0 amide bonds. The first-order valence-electron chi connectivity index (χ1n) is 9.57. The number of cyclic esters (lactones) is 1. The Bertz CT molecular complexity index is 799. The van der Waals surface area contributed by atoms with Gasteiger partial charge in [-0.05, 0) is 15.4 Å². The van der Waals surface area contributed by atoms with Gasteiger partial charge >= 0.3 is 5.97 Å². The molecule has 1 aliphatic carbocycles. The monoisotopic (exact) mass is 378 g/mol. The van der Waals surface area contributed by atoms with Gasteiger partial charge in [0.05, 0.1) is 12.5 Å². The second-order valence-corrected chi connectivity index (χ2v) is 12.7. The summed E-state index contributed by atoms with van der Waals surface area (Å²) in [6, 6.07) is 21.1. The Balaban J connectivity index is 1.74. The van der Waals surface area contributed by atoms with E-state index in [4.69, 9.17) is 9.16 Å². The highest BCUT2D eigenvalue weighted by Crippen LogP contribution is 2.40. The molecule has 2 aromatic rings. The lowest BCUT2D eigenvalue weighted by molar-refractivity contribution is -0.144. The molecule has 1 fully saturated rings. The summed E-state index contributed by atoms with van der Waals surface area (Å²) in [4.78, 5) is 12.0. The molecule has 0 spiro atoms. The number of rotatable bonds is 5. The van der Waals surface area contributed by atoms with Crippen molar-refractivity contribution < 1.29 is 14.0 Å². The first kappa shape index (κ1) is 18.2. The molecule has 1 saturated heterocycles. The van der Waals surface area contributed by atoms with Gasteiger partial charge in [-0.2, -0.15) is 0 Å². The van der Waals surface area contributed by atoms with Crippen molar-refractivity contribution in [2.24, 2.45) is 11.8 Å². The van der Waals surface area contributed by atoms with Gasteiger partial charge in [0.1, 0.15) is 6.10 Å². The van der Waals surface area contributed by atoms with Crippen LogP contribution in [0.15, 0.2) is 72.8 Å². The third-order valence-electron chi connectivity index (χ3n) is 5.81. The van der Waals surface area contributed by atoms with Crippen molar-refractivity contribution in [3.63, 3.8) is 0 Å². The molecular formula is C23H26O3Si. The van der Waals surface area contributed by atoms with Gasteiger partial charge in [-0.1, -0.05) is 93.6 Å². The van der Waals surface area contributed by atoms with Crippen LogP contribution in [0, 0.1) is 11.8 Å². The highest BCUT2D eigenvalue weighted by atomic mass is 28.4. The van der Waals surface area contributed by atoms with Gasteiger partial charge in [-0.3, -0.25) is 4.79 Å². The van der Waals surface area contributed by atoms with Crippen molar-refractivity contribution in [1.29, 1.82) is 0 Å². The van der Waals surface area contributed by atoms with Crippen LogP contribution >= 0.6 is 0 Å². The second-order valence-electron chi connectivity index (χ2n) is 8.44. The number of carbonyl (C=O) groups excluding carboxylic acids is 1. The van der Waals surface area contributed by atoms with Crippen molar-refractivity contribution in [3.05, 3.63) is 72.8 Å². The lowest BCUT2D eigenvalue weighted by atomic mass is 9.81. The zero-order chi connectivity index (χ0) is 19.1. The van der Waals surface area contributed by atoms with Crippen LogP contribution in [-0.4, -0.2) is 27.0 Å². The van der Waals surface area contributed by atoms with Crippen LogP contribution < -0.4 is 10.4 Å². The van der Waals surface area contributed by atoms with Crippen LogP contribution in [0.25, 0.3) is 0 Å². The van der Waals surface area contributed by atoms with Gasteiger partial charge in [0.2, 0.25) is 0 Å². The Morgan fingerprint density at radius 2 is 1.48 bits per heavy atom. The van der Waals surface area contributed by atoms with Crippen molar-refractivity contribution in [1.82, 2.24) is 0 Å². The van der Waals surface area contributed by atoms with E-state index in [9.17, 15) is 4.79 Å². The number of esters is 1. The van der Waals surface area contributed by atoms with E-state index in [1.54, 1.807) is 0 Å². The second kappa shape index (κ2) is 6.77. The molecule has 27 heavy (non-hydrogen) atoms. The molecule has 0 bridgehead atoms. The average Bonchev–Trinajstić information content (AvgIpc) is 2.83. The lowest BCUT2D eigenvalue weighted by Crippen LogP contribution is -2.67. The van der Waals surface area contributed by atoms with Gasteiger partial charge in [0.15, 0.2) is 0 Å².